The maximum absolute atomic E-state index is 5.47. The number of aromatic amines is 1. The average Bonchev–Trinajstić information content (AvgIpc) is 3.18. The number of anilines is 1. The highest BCUT2D eigenvalue weighted by Gasteiger charge is 2.11. The lowest BCUT2D eigenvalue weighted by molar-refractivity contribution is 0.474. The van der Waals surface area contributed by atoms with Gasteiger partial charge in [-0.1, -0.05) is 19.1 Å². The van der Waals surface area contributed by atoms with Crippen molar-refractivity contribution >= 4 is 5.69 Å². The van der Waals surface area contributed by atoms with Gasteiger partial charge in [-0.25, -0.2) is 4.98 Å². The topological polar surface area (TPSA) is 53.9 Å². The number of rotatable bonds is 5. The van der Waals surface area contributed by atoms with E-state index in [1.165, 1.54) is 0 Å². The normalized spacial score (nSPS) is 12.2. The van der Waals surface area contributed by atoms with Gasteiger partial charge in [0, 0.05) is 5.69 Å². The van der Waals surface area contributed by atoms with Gasteiger partial charge in [0.2, 0.25) is 0 Å². The van der Waals surface area contributed by atoms with Crippen LogP contribution in [0.1, 0.15) is 25.1 Å². The highest BCUT2D eigenvalue weighted by molar-refractivity contribution is 5.62. The molecule has 0 fully saturated rings. The Morgan fingerprint density at radius 3 is 2.70 bits per heavy atom. The van der Waals surface area contributed by atoms with Crippen molar-refractivity contribution in [3.8, 4) is 11.3 Å². The first-order chi connectivity index (χ1) is 9.86. The largest absolute Gasteiger partial charge is 0.467 e. The number of hydrogen-bond donors (Lipinski definition) is 2. The molecule has 2 aromatic heterocycles. The molecule has 2 heterocycles. The van der Waals surface area contributed by atoms with Gasteiger partial charge in [-0.2, -0.15) is 0 Å². The highest BCUT2D eigenvalue weighted by atomic mass is 16.3. The summed E-state index contributed by atoms with van der Waals surface area (Å²) in [5, 5.41) is 3.48. The molecule has 102 valence electrons. The Hall–Kier alpha value is -2.49. The summed E-state index contributed by atoms with van der Waals surface area (Å²) in [5.41, 5.74) is 3.23. The molecule has 0 saturated carbocycles. The first-order valence-corrected chi connectivity index (χ1v) is 6.75. The zero-order chi connectivity index (χ0) is 13.8. The first kappa shape index (κ1) is 12.5. The van der Waals surface area contributed by atoms with Crippen LogP contribution in [-0.2, 0) is 0 Å². The number of furan rings is 1. The van der Waals surface area contributed by atoms with Gasteiger partial charge >= 0.3 is 0 Å². The molecular formula is C16H17N3O. The number of imidazole rings is 1. The van der Waals surface area contributed by atoms with E-state index in [0.717, 1.165) is 29.1 Å². The van der Waals surface area contributed by atoms with E-state index in [1.807, 2.05) is 18.3 Å². The van der Waals surface area contributed by atoms with Crippen LogP contribution in [0.5, 0.6) is 0 Å². The van der Waals surface area contributed by atoms with Gasteiger partial charge in [-0.05, 0) is 36.2 Å². The number of nitrogens with one attached hydrogen (secondary N) is 2. The van der Waals surface area contributed by atoms with Crippen LogP contribution in [0.25, 0.3) is 11.3 Å². The van der Waals surface area contributed by atoms with Gasteiger partial charge in [0.1, 0.15) is 5.76 Å². The van der Waals surface area contributed by atoms with Crippen molar-refractivity contribution in [2.45, 2.75) is 19.4 Å². The van der Waals surface area contributed by atoms with Crippen LogP contribution in [-0.4, -0.2) is 9.97 Å². The van der Waals surface area contributed by atoms with Crippen molar-refractivity contribution in [1.29, 1.82) is 0 Å². The van der Waals surface area contributed by atoms with E-state index in [2.05, 4.69) is 46.5 Å². The monoisotopic (exact) mass is 267 g/mol. The quantitative estimate of drug-likeness (QED) is 0.727. The molecule has 3 rings (SSSR count). The Kier molecular flexibility index (Phi) is 3.54. The molecule has 0 aliphatic rings. The third-order valence-electron chi connectivity index (χ3n) is 3.33. The van der Waals surface area contributed by atoms with Crippen molar-refractivity contribution in [3.63, 3.8) is 0 Å². The molecule has 1 aromatic carbocycles. The minimum absolute atomic E-state index is 0.197. The van der Waals surface area contributed by atoms with Crippen LogP contribution in [0.15, 0.2) is 59.6 Å². The summed E-state index contributed by atoms with van der Waals surface area (Å²) in [5.74, 6) is 0.963. The fraction of sp³-hybridized carbons (Fsp3) is 0.188. The summed E-state index contributed by atoms with van der Waals surface area (Å²) in [6, 6.07) is 12.4. The molecule has 0 spiro atoms. The molecule has 3 aromatic rings. The van der Waals surface area contributed by atoms with Gasteiger partial charge in [0.15, 0.2) is 0 Å². The van der Waals surface area contributed by atoms with Gasteiger partial charge in [-0.15, -0.1) is 0 Å². The molecule has 4 nitrogen and oxygen atoms in total. The van der Waals surface area contributed by atoms with E-state index >= 15 is 0 Å². The van der Waals surface area contributed by atoms with Crippen molar-refractivity contribution < 1.29 is 4.42 Å². The molecule has 1 unspecified atom stereocenters. The van der Waals surface area contributed by atoms with Gasteiger partial charge in [0.25, 0.3) is 0 Å². The third-order valence-corrected chi connectivity index (χ3v) is 3.33. The predicted octanol–water partition coefficient (Wildman–Crippen LogP) is 4.23. The Morgan fingerprint density at radius 2 is 2.10 bits per heavy atom. The minimum Gasteiger partial charge on any atom is -0.467 e. The van der Waals surface area contributed by atoms with Crippen molar-refractivity contribution in [1.82, 2.24) is 9.97 Å². The second-order valence-electron chi connectivity index (χ2n) is 4.66. The predicted molar refractivity (Wildman–Crippen MR) is 79.4 cm³/mol. The van der Waals surface area contributed by atoms with E-state index in [4.69, 9.17) is 4.42 Å². The van der Waals surface area contributed by atoms with Gasteiger partial charge in [-0.3, -0.25) is 0 Å². The zero-order valence-corrected chi connectivity index (χ0v) is 11.3. The van der Waals surface area contributed by atoms with Gasteiger partial charge < -0.3 is 14.7 Å². The molecule has 1 atom stereocenters. The SMILES string of the molecule is CCC(Nc1ccc(-c2cnc[nH]2)cc1)c1ccco1. The van der Waals surface area contributed by atoms with E-state index in [1.54, 1.807) is 12.6 Å². The van der Waals surface area contributed by atoms with Crippen molar-refractivity contribution in [2.75, 3.05) is 5.32 Å². The minimum atomic E-state index is 0.197. The van der Waals surface area contributed by atoms with E-state index in [0.29, 0.717) is 0 Å². The smallest absolute Gasteiger partial charge is 0.125 e. The number of hydrogen-bond acceptors (Lipinski definition) is 3. The summed E-state index contributed by atoms with van der Waals surface area (Å²) in [7, 11) is 0. The second-order valence-corrected chi connectivity index (χ2v) is 4.66. The summed E-state index contributed by atoms with van der Waals surface area (Å²) in [6.07, 6.45) is 6.18. The molecule has 0 bridgehead atoms. The van der Waals surface area contributed by atoms with Crippen LogP contribution in [0, 0.1) is 0 Å². The Morgan fingerprint density at radius 1 is 1.25 bits per heavy atom. The third kappa shape index (κ3) is 2.59. The van der Waals surface area contributed by atoms with E-state index in [9.17, 15) is 0 Å². The number of benzene rings is 1. The zero-order valence-electron chi connectivity index (χ0n) is 11.3. The van der Waals surface area contributed by atoms with Crippen LogP contribution >= 0.6 is 0 Å². The summed E-state index contributed by atoms with van der Waals surface area (Å²) in [4.78, 5) is 7.13. The number of H-pyrrole nitrogens is 1. The first-order valence-electron chi connectivity index (χ1n) is 6.75. The van der Waals surface area contributed by atoms with Crippen molar-refractivity contribution in [2.24, 2.45) is 0 Å². The maximum atomic E-state index is 5.47. The van der Waals surface area contributed by atoms with Crippen LogP contribution in [0.3, 0.4) is 0 Å². The molecule has 0 radical (unpaired) electrons. The Labute approximate surface area is 117 Å². The second kappa shape index (κ2) is 5.65. The molecule has 0 aliphatic heterocycles. The van der Waals surface area contributed by atoms with E-state index in [-0.39, 0.29) is 6.04 Å². The van der Waals surface area contributed by atoms with Crippen LogP contribution in [0.4, 0.5) is 5.69 Å². The number of nitrogens with zero attached hydrogens (tertiary/aromatic N) is 1. The lowest BCUT2D eigenvalue weighted by Gasteiger charge is -2.16. The maximum Gasteiger partial charge on any atom is 0.125 e. The highest BCUT2D eigenvalue weighted by Crippen LogP contribution is 2.24. The Balaban J connectivity index is 1.75. The summed E-state index contributed by atoms with van der Waals surface area (Å²) < 4.78 is 5.47. The lowest BCUT2D eigenvalue weighted by Crippen LogP contribution is -2.08. The van der Waals surface area contributed by atoms with E-state index < -0.39 is 0 Å². The Bertz CT molecular complexity index is 627. The van der Waals surface area contributed by atoms with Gasteiger partial charge in [0.05, 0.1) is 30.5 Å². The average molecular weight is 267 g/mol. The van der Waals surface area contributed by atoms with Crippen LogP contribution < -0.4 is 5.32 Å². The lowest BCUT2D eigenvalue weighted by atomic mass is 10.1. The summed E-state index contributed by atoms with van der Waals surface area (Å²) in [6.45, 7) is 2.14. The molecule has 0 saturated heterocycles. The standard InChI is InChI=1S/C16H17N3O/c1-2-14(16-4-3-9-20-16)19-13-7-5-12(6-8-13)15-10-17-11-18-15/h3-11,14,19H,2H2,1H3,(H,17,18). The van der Waals surface area contributed by atoms with Crippen molar-refractivity contribution in [3.05, 3.63) is 60.9 Å². The molecular weight excluding hydrogens is 250 g/mol. The fourth-order valence-electron chi connectivity index (χ4n) is 2.22. The summed E-state index contributed by atoms with van der Waals surface area (Å²) >= 11 is 0. The molecule has 2 N–H and O–H groups in total. The molecule has 4 heteroatoms. The molecule has 0 amide bonds. The van der Waals surface area contributed by atoms with Crippen LogP contribution in [0.2, 0.25) is 0 Å². The molecule has 20 heavy (non-hydrogen) atoms. The molecule has 0 aliphatic carbocycles. The number of aromatic nitrogens is 2. The fourth-order valence-corrected chi connectivity index (χ4v) is 2.22.